The van der Waals surface area contributed by atoms with Crippen molar-refractivity contribution in [3.8, 4) is 11.5 Å². The number of carbonyl (C=O) groups is 1. The fourth-order valence-corrected chi connectivity index (χ4v) is 2.91. The van der Waals surface area contributed by atoms with E-state index in [0.717, 1.165) is 5.69 Å². The lowest BCUT2D eigenvalue weighted by atomic mass is 10.2. The van der Waals surface area contributed by atoms with Crippen LogP contribution in [0.3, 0.4) is 0 Å². The molecule has 2 unspecified atom stereocenters. The summed E-state index contributed by atoms with van der Waals surface area (Å²) >= 11 is 5.92. The fourth-order valence-electron chi connectivity index (χ4n) is 2.78. The van der Waals surface area contributed by atoms with Crippen LogP contribution in [0.5, 0.6) is 11.5 Å². The van der Waals surface area contributed by atoms with E-state index in [2.05, 4.69) is 27.0 Å². The Morgan fingerprint density at radius 3 is 2.54 bits per heavy atom. The van der Waals surface area contributed by atoms with Crippen LogP contribution in [0, 0.1) is 0 Å². The molecular weight excluding hydrogens is 382 g/mol. The number of halogens is 1. The van der Waals surface area contributed by atoms with Gasteiger partial charge in [0, 0.05) is 16.8 Å². The van der Waals surface area contributed by atoms with Gasteiger partial charge in [0.25, 0.3) is 0 Å². The number of hydrogen-bond donors (Lipinski definition) is 5. The predicted octanol–water partition coefficient (Wildman–Crippen LogP) is 2.50. The maximum Gasteiger partial charge on any atom is 0.246 e. The van der Waals surface area contributed by atoms with Gasteiger partial charge in [0.2, 0.25) is 5.91 Å². The maximum atomic E-state index is 12.9. The number of carbonyl (C=O) groups excluding carboxylic acids is 1. The molecule has 0 aliphatic carbocycles. The monoisotopic (exact) mass is 405 g/mol. The Morgan fingerprint density at radius 1 is 1.07 bits per heavy atom. The number of amides is 1. The Kier molecular flexibility index (Phi) is 6.94. The summed E-state index contributed by atoms with van der Waals surface area (Å²) in [5.74, 6) is 1.01. The first-order valence-corrected chi connectivity index (χ1v) is 9.47. The van der Waals surface area contributed by atoms with Gasteiger partial charge in [0.15, 0.2) is 0 Å². The minimum Gasteiger partial charge on any atom is -0.494 e. The molecule has 0 radical (unpaired) electrons. The van der Waals surface area contributed by atoms with Crippen LogP contribution in [0.15, 0.2) is 42.5 Å². The number of anilines is 2. The zero-order valence-electron chi connectivity index (χ0n) is 15.7. The van der Waals surface area contributed by atoms with Gasteiger partial charge in [-0.15, -0.1) is 0 Å². The van der Waals surface area contributed by atoms with Crippen LogP contribution in [0.25, 0.3) is 0 Å². The lowest BCUT2D eigenvalue weighted by Gasteiger charge is -2.21. The van der Waals surface area contributed by atoms with E-state index in [-0.39, 0.29) is 12.1 Å². The maximum absolute atomic E-state index is 12.9. The smallest absolute Gasteiger partial charge is 0.246 e. The van der Waals surface area contributed by atoms with Crippen LogP contribution >= 0.6 is 11.6 Å². The molecule has 2 aromatic rings. The fraction of sp³-hybridized carbons (Fsp3) is 0.316. The molecule has 1 heterocycles. The molecule has 1 fully saturated rings. The van der Waals surface area contributed by atoms with Crippen molar-refractivity contribution in [1.82, 2.24) is 16.4 Å². The number of benzene rings is 2. The number of rotatable bonds is 8. The second-order valence-electron chi connectivity index (χ2n) is 6.03. The van der Waals surface area contributed by atoms with Crippen LogP contribution in [0.4, 0.5) is 11.4 Å². The van der Waals surface area contributed by atoms with Crippen molar-refractivity contribution in [3.05, 3.63) is 47.5 Å². The molecule has 2 aromatic carbocycles. The van der Waals surface area contributed by atoms with E-state index in [4.69, 9.17) is 21.1 Å². The van der Waals surface area contributed by atoms with Gasteiger partial charge in [-0.1, -0.05) is 11.6 Å². The van der Waals surface area contributed by atoms with Crippen LogP contribution in [-0.4, -0.2) is 31.3 Å². The highest BCUT2D eigenvalue weighted by Crippen LogP contribution is 2.30. The number of nitrogens with one attached hydrogen (secondary N) is 5. The topological polar surface area (TPSA) is 95.7 Å². The van der Waals surface area contributed by atoms with E-state index in [0.29, 0.717) is 35.4 Å². The third-order valence-electron chi connectivity index (χ3n) is 4.06. The standard InChI is InChI=1S/C19H24ClN5O3/c1-3-27-14-9-10-16(28-4-2)15(11-14)22-19(26)17-18(24-25-23-17)21-13-7-5-12(20)6-8-13/h5-11,17-18,21,23-25H,3-4H2,1-2H3,(H,22,26). The summed E-state index contributed by atoms with van der Waals surface area (Å²) in [6.45, 7) is 4.82. The molecule has 1 amide bonds. The average Bonchev–Trinajstić information content (AvgIpc) is 3.14. The Hall–Kier alpha value is -2.52. The summed E-state index contributed by atoms with van der Waals surface area (Å²) in [7, 11) is 0. The third kappa shape index (κ3) is 5.05. The van der Waals surface area contributed by atoms with E-state index in [9.17, 15) is 4.79 Å². The van der Waals surface area contributed by atoms with Crippen LogP contribution in [-0.2, 0) is 4.79 Å². The SMILES string of the molecule is CCOc1ccc(OCC)c(NC(=O)C2NNNC2Nc2ccc(Cl)cc2)c1. The molecule has 8 nitrogen and oxygen atoms in total. The van der Waals surface area contributed by atoms with Gasteiger partial charge in [0.05, 0.1) is 18.9 Å². The lowest BCUT2D eigenvalue weighted by Crippen LogP contribution is -2.48. The van der Waals surface area contributed by atoms with E-state index >= 15 is 0 Å². The van der Waals surface area contributed by atoms with Gasteiger partial charge in [-0.2, -0.15) is 5.53 Å². The molecule has 0 bridgehead atoms. The van der Waals surface area contributed by atoms with Crippen LogP contribution < -0.4 is 36.5 Å². The summed E-state index contributed by atoms with van der Waals surface area (Å²) in [5.41, 5.74) is 10.1. The molecule has 28 heavy (non-hydrogen) atoms. The molecule has 0 aromatic heterocycles. The molecule has 3 rings (SSSR count). The van der Waals surface area contributed by atoms with Gasteiger partial charge in [-0.25, -0.2) is 10.9 Å². The molecular formula is C19H24ClN5O3. The van der Waals surface area contributed by atoms with Gasteiger partial charge in [0.1, 0.15) is 23.7 Å². The molecule has 1 saturated heterocycles. The third-order valence-corrected chi connectivity index (χ3v) is 4.31. The molecule has 5 N–H and O–H groups in total. The largest absolute Gasteiger partial charge is 0.494 e. The number of hydrazine groups is 2. The summed E-state index contributed by atoms with van der Waals surface area (Å²) in [4.78, 5) is 12.9. The minimum atomic E-state index is -0.582. The lowest BCUT2D eigenvalue weighted by molar-refractivity contribution is -0.118. The Morgan fingerprint density at radius 2 is 1.82 bits per heavy atom. The summed E-state index contributed by atoms with van der Waals surface area (Å²) in [6, 6.07) is 12.0. The van der Waals surface area contributed by atoms with Crippen molar-refractivity contribution in [3.63, 3.8) is 0 Å². The summed E-state index contributed by atoms with van der Waals surface area (Å²) in [5, 5.41) is 6.80. The summed E-state index contributed by atoms with van der Waals surface area (Å²) in [6.07, 6.45) is -0.383. The number of hydrogen-bond acceptors (Lipinski definition) is 7. The van der Waals surface area contributed by atoms with Gasteiger partial charge >= 0.3 is 0 Å². The zero-order valence-corrected chi connectivity index (χ0v) is 16.5. The Balaban J connectivity index is 1.72. The van der Waals surface area contributed by atoms with Crippen molar-refractivity contribution < 1.29 is 14.3 Å². The van der Waals surface area contributed by atoms with Crippen LogP contribution in [0.2, 0.25) is 5.02 Å². The summed E-state index contributed by atoms with van der Waals surface area (Å²) < 4.78 is 11.1. The Bertz CT molecular complexity index is 803. The predicted molar refractivity (Wildman–Crippen MR) is 109 cm³/mol. The second kappa shape index (κ2) is 9.61. The quantitative estimate of drug-likeness (QED) is 0.460. The van der Waals surface area contributed by atoms with E-state index in [1.807, 2.05) is 32.0 Å². The zero-order chi connectivity index (χ0) is 19.9. The molecule has 0 spiro atoms. The Labute approximate surface area is 168 Å². The van der Waals surface area contributed by atoms with E-state index < -0.39 is 6.04 Å². The minimum absolute atomic E-state index is 0.237. The highest BCUT2D eigenvalue weighted by Gasteiger charge is 2.33. The number of ether oxygens (including phenoxy) is 2. The van der Waals surface area contributed by atoms with Crippen molar-refractivity contribution in [2.24, 2.45) is 0 Å². The van der Waals surface area contributed by atoms with Crippen molar-refractivity contribution in [2.45, 2.75) is 26.1 Å². The molecule has 150 valence electrons. The van der Waals surface area contributed by atoms with Gasteiger partial charge in [-0.05, 0) is 50.2 Å². The first-order chi connectivity index (χ1) is 13.6. The average molecular weight is 406 g/mol. The van der Waals surface area contributed by atoms with Crippen LogP contribution in [0.1, 0.15) is 13.8 Å². The molecule has 0 saturated carbocycles. The highest BCUT2D eigenvalue weighted by atomic mass is 35.5. The van der Waals surface area contributed by atoms with Gasteiger partial charge in [-0.3, -0.25) is 4.79 Å². The van der Waals surface area contributed by atoms with Crippen molar-refractivity contribution in [2.75, 3.05) is 23.8 Å². The van der Waals surface area contributed by atoms with E-state index in [1.165, 1.54) is 0 Å². The second-order valence-corrected chi connectivity index (χ2v) is 6.47. The van der Waals surface area contributed by atoms with Crippen molar-refractivity contribution >= 4 is 28.9 Å². The molecule has 2 atom stereocenters. The first-order valence-electron chi connectivity index (χ1n) is 9.09. The molecule has 9 heteroatoms. The normalized spacial score (nSPS) is 18.5. The highest BCUT2D eigenvalue weighted by molar-refractivity contribution is 6.30. The van der Waals surface area contributed by atoms with Gasteiger partial charge < -0.3 is 20.1 Å². The molecule has 1 aliphatic rings. The first kappa shape index (κ1) is 20.2. The van der Waals surface area contributed by atoms with E-state index in [1.54, 1.807) is 24.3 Å². The van der Waals surface area contributed by atoms with Crippen molar-refractivity contribution in [1.29, 1.82) is 0 Å². The molecule has 1 aliphatic heterocycles.